The molecular weight excluding hydrogens is 158 g/mol. The summed E-state index contributed by atoms with van der Waals surface area (Å²) in [6.45, 7) is 4.47. The first kappa shape index (κ1) is 10.1. The highest BCUT2D eigenvalue weighted by Crippen LogP contribution is 2.25. The number of nitrogen functional groups attached to an aromatic ring is 1. The highest BCUT2D eigenvalue weighted by atomic mass is 14.6. The molecule has 1 aromatic carbocycles. The molecule has 1 unspecified atom stereocenters. The molecule has 2 N–H and O–H groups in total. The summed E-state index contributed by atoms with van der Waals surface area (Å²) >= 11 is 0. The first-order valence-electron chi connectivity index (χ1n) is 5.10. The molecular formula is C12H19N. The molecule has 0 fully saturated rings. The normalized spacial score (nSPS) is 12.8. The van der Waals surface area contributed by atoms with E-state index in [0.717, 1.165) is 5.69 Å². The highest BCUT2D eigenvalue weighted by molar-refractivity contribution is 5.48. The summed E-state index contributed by atoms with van der Waals surface area (Å²) in [5, 5.41) is 0. The van der Waals surface area contributed by atoms with Crippen LogP contribution in [-0.2, 0) is 0 Å². The molecule has 0 heterocycles. The van der Waals surface area contributed by atoms with E-state index >= 15 is 0 Å². The summed E-state index contributed by atoms with van der Waals surface area (Å²) in [4.78, 5) is 0. The number of hydrogen-bond donors (Lipinski definition) is 1. The Morgan fingerprint density at radius 3 is 2.62 bits per heavy atom. The minimum Gasteiger partial charge on any atom is -0.398 e. The minimum absolute atomic E-state index is 0.598. The van der Waals surface area contributed by atoms with Crippen LogP contribution in [0.5, 0.6) is 0 Å². The van der Waals surface area contributed by atoms with Gasteiger partial charge in [0.15, 0.2) is 0 Å². The number of anilines is 1. The summed E-state index contributed by atoms with van der Waals surface area (Å²) < 4.78 is 0. The summed E-state index contributed by atoms with van der Waals surface area (Å²) in [7, 11) is 0. The van der Waals surface area contributed by atoms with Crippen LogP contribution in [0.25, 0.3) is 0 Å². The SMILES string of the molecule is CCCCC(C)c1ccccc1N. The molecule has 1 heteroatoms. The zero-order valence-corrected chi connectivity index (χ0v) is 8.59. The van der Waals surface area contributed by atoms with E-state index in [9.17, 15) is 0 Å². The van der Waals surface area contributed by atoms with Gasteiger partial charge in [0, 0.05) is 5.69 Å². The van der Waals surface area contributed by atoms with Crippen LogP contribution >= 0.6 is 0 Å². The fraction of sp³-hybridized carbons (Fsp3) is 0.500. The maximum absolute atomic E-state index is 5.89. The van der Waals surface area contributed by atoms with Gasteiger partial charge < -0.3 is 5.73 Å². The molecule has 0 aliphatic carbocycles. The Hall–Kier alpha value is -0.980. The summed E-state index contributed by atoms with van der Waals surface area (Å²) in [6, 6.07) is 8.17. The number of benzene rings is 1. The molecule has 0 aliphatic heterocycles. The molecule has 1 aromatic rings. The van der Waals surface area contributed by atoms with Gasteiger partial charge in [-0.1, -0.05) is 44.9 Å². The average molecular weight is 177 g/mol. The first-order chi connectivity index (χ1) is 6.25. The van der Waals surface area contributed by atoms with Crippen LogP contribution in [0.1, 0.15) is 44.6 Å². The van der Waals surface area contributed by atoms with Crippen LogP contribution in [0.15, 0.2) is 24.3 Å². The zero-order chi connectivity index (χ0) is 9.68. The summed E-state index contributed by atoms with van der Waals surface area (Å²) in [5.74, 6) is 0.598. The van der Waals surface area contributed by atoms with Crippen LogP contribution in [0.2, 0.25) is 0 Å². The largest absolute Gasteiger partial charge is 0.398 e. The minimum atomic E-state index is 0.598. The van der Waals surface area contributed by atoms with E-state index in [-0.39, 0.29) is 0 Å². The van der Waals surface area contributed by atoms with Crippen molar-refractivity contribution in [3.8, 4) is 0 Å². The molecule has 0 saturated heterocycles. The maximum atomic E-state index is 5.89. The van der Waals surface area contributed by atoms with Crippen LogP contribution in [0.3, 0.4) is 0 Å². The predicted octanol–water partition coefficient (Wildman–Crippen LogP) is 3.56. The second-order valence-corrected chi connectivity index (χ2v) is 3.67. The van der Waals surface area contributed by atoms with Crippen LogP contribution in [0, 0.1) is 0 Å². The standard InChI is InChI=1S/C12H19N/c1-3-4-7-10(2)11-8-5-6-9-12(11)13/h5-6,8-10H,3-4,7,13H2,1-2H3. The van der Waals surface area contributed by atoms with Crippen molar-refractivity contribution in [2.45, 2.75) is 39.0 Å². The Morgan fingerprint density at radius 1 is 1.31 bits per heavy atom. The Labute approximate surface area is 81.0 Å². The van der Waals surface area contributed by atoms with E-state index in [4.69, 9.17) is 5.73 Å². The molecule has 1 nitrogen and oxygen atoms in total. The molecule has 0 saturated carbocycles. The molecule has 0 bridgehead atoms. The Balaban J connectivity index is 2.65. The van der Waals surface area contributed by atoms with Gasteiger partial charge in [-0.15, -0.1) is 0 Å². The predicted molar refractivity (Wildman–Crippen MR) is 58.8 cm³/mol. The van der Waals surface area contributed by atoms with Gasteiger partial charge in [0.25, 0.3) is 0 Å². The number of para-hydroxylation sites is 1. The van der Waals surface area contributed by atoms with E-state index in [1.54, 1.807) is 0 Å². The fourth-order valence-electron chi connectivity index (χ4n) is 1.63. The van der Waals surface area contributed by atoms with Crippen molar-refractivity contribution in [1.82, 2.24) is 0 Å². The van der Waals surface area contributed by atoms with E-state index in [2.05, 4.69) is 26.0 Å². The van der Waals surface area contributed by atoms with Crippen molar-refractivity contribution in [3.05, 3.63) is 29.8 Å². The van der Waals surface area contributed by atoms with Gasteiger partial charge in [-0.3, -0.25) is 0 Å². The van der Waals surface area contributed by atoms with Gasteiger partial charge >= 0.3 is 0 Å². The number of rotatable bonds is 4. The van der Waals surface area contributed by atoms with Crippen molar-refractivity contribution in [2.75, 3.05) is 5.73 Å². The van der Waals surface area contributed by atoms with Crippen LogP contribution < -0.4 is 5.73 Å². The van der Waals surface area contributed by atoms with Gasteiger partial charge in [0.2, 0.25) is 0 Å². The lowest BCUT2D eigenvalue weighted by molar-refractivity contribution is 0.625. The van der Waals surface area contributed by atoms with Crippen molar-refractivity contribution in [2.24, 2.45) is 0 Å². The second kappa shape index (κ2) is 4.90. The van der Waals surface area contributed by atoms with Crippen LogP contribution in [0.4, 0.5) is 5.69 Å². The quantitative estimate of drug-likeness (QED) is 0.699. The first-order valence-corrected chi connectivity index (χ1v) is 5.10. The van der Waals surface area contributed by atoms with E-state index in [1.807, 2.05) is 12.1 Å². The van der Waals surface area contributed by atoms with Gasteiger partial charge in [-0.25, -0.2) is 0 Å². The number of nitrogens with two attached hydrogens (primary N) is 1. The van der Waals surface area contributed by atoms with E-state index < -0.39 is 0 Å². The van der Waals surface area contributed by atoms with Crippen LogP contribution in [-0.4, -0.2) is 0 Å². The number of hydrogen-bond acceptors (Lipinski definition) is 1. The molecule has 0 amide bonds. The lowest BCUT2D eigenvalue weighted by atomic mass is 9.94. The monoisotopic (exact) mass is 177 g/mol. The molecule has 1 atom stereocenters. The van der Waals surface area contributed by atoms with Crippen molar-refractivity contribution < 1.29 is 0 Å². The Bertz CT molecular complexity index is 255. The third-order valence-electron chi connectivity index (χ3n) is 2.52. The van der Waals surface area contributed by atoms with Crippen molar-refractivity contribution >= 4 is 5.69 Å². The Kier molecular flexibility index (Phi) is 3.81. The van der Waals surface area contributed by atoms with Crippen molar-refractivity contribution in [1.29, 1.82) is 0 Å². The second-order valence-electron chi connectivity index (χ2n) is 3.67. The molecule has 72 valence electrons. The molecule has 0 spiro atoms. The lowest BCUT2D eigenvalue weighted by Crippen LogP contribution is -1.98. The third-order valence-corrected chi connectivity index (χ3v) is 2.52. The molecule has 1 rings (SSSR count). The smallest absolute Gasteiger partial charge is 0.0349 e. The van der Waals surface area contributed by atoms with E-state index in [1.165, 1.54) is 24.8 Å². The zero-order valence-electron chi connectivity index (χ0n) is 8.59. The lowest BCUT2D eigenvalue weighted by Gasteiger charge is -2.13. The summed E-state index contributed by atoms with van der Waals surface area (Å²) in [5.41, 5.74) is 8.13. The molecule has 0 radical (unpaired) electrons. The van der Waals surface area contributed by atoms with E-state index in [0.29, 0.717) is 5.92 Å². The topological polar surface area (TPSA) is 26.0 Å². The van der Waals surface area contributed by atoms with Gasteiger partial charge in [0.05, 0.1) is 0 Å². The van der Waals surface area contributed by atoms with Gasteiger partial charge in [-0.05, 0) is 24.0 Å². The van der Waals surface area contributed by atoms with Gasteiger partial charge in [0.1, 0.15) is 0 Å². The molecule has 13 heavy (non-hydrogen) atoms. The fourth-order valence-corrected chi connectivity index (χ4v) is 1.63. The van der Waals surface area contributed by atoms with Crippen molar-refractivity contribution in [3.63, 3.8) is 0 Å². The highest BCUT2D eigenvalue weighted by Gasteiger charge is 2.06. The number of unbranched alkanes of at least 4 members (excludes halogenated alkanes) is 1. The third kappa shape index (κ3) is 2.76. The maximum Gasteiger partial charge on any atom is 0.0349 e. The van der Waals surface area contributed by atoms with Gasteiger partial charge in [-0.2, -0.15) is 0 Å². The molecule has 0 aromatic heterocycles. The average Bonchev–Trinajstić information content (AvgIpc) is 2.15. The molecule has 0 aliphatic rings. The summed E-state index contributed by atoms with van der Waals surface area (Å²) in [6.07, 6.45) is 3.79. The Morgan fingerprint density at radius 2 is 2.00 bits per heavy atom.